The molecule has 2 amide bonds. The number of H-pyrrole nitrogens is 1. The normalized spacial score (nSPS) is 15.7. The molecule has 4 rings (SSSR count). The van der Waals surface area contributed by atoms with Crippen LogP contribution in [0.25, 0.3) is 10.9 Å². The number of nitrogens with one attached hydrogen (secondary N) is 2. The molecule has 1 aromatic heterocycles. The second kappa shape index (κ2) is 9.41. The summed E-state index contributed by atoms with van der Waals surface area (Å²) in [6.07, 6.45) is 1.81. The molecular weight excluding hydrogens is 418 g/mol. The van der Waals surface area contributed by atoms with Gasteiger partial charge in [-0.15, -0.1) is 0 Å². The first-order valence-corrected chi connectivity index (χ1v) is 10.5. The Morgan fingerprint density at radius 1 is 1.26 bits per heavy atom. The number of pyridine rings is 1. The minimum Gasteiger partial charge on any atom is -0.497 e. The third-order valence-electron chi connectivity index (χ3n) is 5.32. The van der Waals surface area contributed by atoms with Gasteiger partial charge in [-0.1, -0.05) is 11.6 Å². The monoisotopic (exact) mass is 441 g/mol. The molecule has 1 fully saturated rings. The van der Waals surface area contributed by atoms with Crippen molar-refractivity contribution in [2.75, 3.05) is 25.6 Å². The van der Waals surface area contributed by atoms with Gasteiger partial charge in [-0.05, 0) is 61.4 Å². The van der Waals surface area contributed by atoms with Gasteiger partial charge in [0, 0.05) is 40.3 Å². The lowest BCUT2D eigenvalue weighted by Gasteiger charge is -2.25. The minimum atomic E-state index is -0.303. The Morgan fingerprint density at radius 3 is 2.77 bits per heavy atom. The average molecular weight is 442 g/mol. The van der Waals surface area contributed by atoms with Crippen molar-refractivity contribution in [3.05, 3.63) is 69.5 Å². The largest absolute Gasteiger partial charge is 0.497 e. The minimum absolute atomic E-state index is 0.0457. The lowest BCUT2D eigenvalue weighted by atomic mass is 10.1. The van der Waals surface area contributed by atoms with Crippen molar-refractivity contribution in [2.24, 2.45) is 0 Å². The summed E-state index contributed by atoms with van der Waals surface area (Å²) in [5, 5.41) is 4.31. The molecular formula is C23H24ClN3O4. The number of hydrogen-bond donors (Lipinski definition) is 2. The number of carbonyl (C=O) groups is 1. The number of methoxy groups -OCH3 is 1. The number of nitrogens with zero attached hydrogens (tertiary/aromatic N) is 1. The predicted octanol–water partition coefficient (Wildman–Crippen LogP) is 4.40. The van der Waals surface area contributed by atoms with E-state index in [1.807, 2.05) is 6.07 Å². The Labute approximate surface area is 184 Å². The van der Waals surface area contributed by atoms with Gasteiger partial charge in [0.25, 0.3) is 5.56 Å². The van der Waals surface area contributed by atoms with E-state index in [2.05, 4.69) is 10.3 Å². The van der Waals surface area contributed by atoms with Crippen LogP contribution in [0.4, 0.5) is 10.5 Å². The van der Waals surface area contributed by atoms with Crippen molar-refractivity contribution in [3.63, 3.8) is 0 Å². The third kappa shape index (κ3) is 5.18. The number of urea groups is 1. The maximum Gasteiger partial charge on any atom is 0.322 e. The first kappa shape index (κ1) is 21.2. The van der Waals surface area contributed by atoms with Crippen LogP contribution in [0.1, 0.15) is 18.4 Å². The summed E-state index contributed by atoms with van der Waals surface area (Å²) < 4.78 is 11.0. The van der Waals surface area contributed by atoms with Gasteiger partial charge < -0.3 is 24.7 Å². The quantitative estimate of drug-likeness (QED) is 0.593. The number of hydrogen-bond acceptors (Lipinski definition) is 4. The van der Waals surface area contributed by atoms with Crippen LogP contribution in [0.15, 0.2) is 53.3 Å². The van der Waals surface area contributed by atoms with Crippen LogP contribution in [-0.4, -0.2) is 42.3 Å². The maximum atomic E-state index is 13.1. The number of halogens is 1. The van der Waals surface area contributed by atoms with Gasteiger partial charge in [-0.2, -0.15) is 0 Å². The van der Waals surface area contributed by atoms with Crippen LogP contribution in [0.5, 0.6) is 5.75 Å². The lowest BCUT2D eigenvalue weighted by Crippen LogP contribution is -2.40. The Bertz CT molecular complexity index is 1120. The van der Waals surface area contributed by atoms with E-state index < -0.39 is 0 Å². The zero-order valence-electron chi connectivity index (χ0n) is 17.2. The number of fused-ring (bicyclic) bond motifs is 1. The van der Waals surface area contributed by atoms with Crippen LogP contribution in [0, 0.1) is 0 Å². The molecule has 1 atom stereocenters. The predicted molar refractivity (Wildman–Crippen MR) is 121 cm³/mol. The molecule has 1 saturated heterocycles. The fraction of sp³-hybridized carbons (Fsp3) is 0.304. The van der Waals surface area contributed by atoms with Crippen molar-refractivity contribution < 1.29 is 14.3 Å². The number of ether oxygens (including phenoxy) is 2. The molecule has 0 radical (unpaired) electrons. The highest BCUT2D eigenvalue weighted by Gasteiger charge is 2.24. The number of aromatic nitrogens is 1. The molecule has 8 heteroatoms. The lowest BCUT2D eigenvalue weighted by molar-refractivity contribution is 0.0818. The number of aromatic amines is 1. The van der Waals surface area contributed by atoms with Gasteiger partial charge in [0.05, 0.1) is 19.8 Å². The highest BCUT2D eigenvalue weighted by Crippen LogP contribution is 2.21. The summed E-state index contributed by atoms with van der Waals surface area (Å²) >= 11 is 5.93. The molecule has 7 nitrogen and oxygen atoms in total. The summed E-state index contributed by atoms with van der Waals surface area (Å²) in [5.74, 6) is 0.696. The molecule has 1 aliphatic heterocycles. The van der Waals surface area contributed by atoms with Gasteiger partial charge in [-0.3, -0.25) is 4.79 Å². The molecule has 0 unspecified atom stereocenters. The second-order valence-electron chi connectivity index (χ2n) is 7.53. The van der Waals surface area contributed by atoms with Crippen LogP contribution in [0.2, 0.25) is 5.02 Å². The molecule has 0 saturated carbocycles. The molecule has 162 valence electrons. The molecule has 31 heavy (non-hydrogen) atoms. The van der Waals surface area contributed by atoms with E-state index in [9.17, 15) is 9.59 Å². The van der Waals surface area contributed by atoms with E-state index in [0.717, 1.165) is 18.2 Å². The number of amides is 2. The van der Waals surface area contributed by atoms with Gasteiger partial charge in [0.15, 0.2) is 0 Å². The topological polar surface area (TPSA) is 83.7 Å². The van der Waals surface area contributed by atoms with Crippen LogP contribution >= 0.6 is 11.6 Å². The number of rotatable bonds is 6. The molecule has 3 aromatic rings. The maximum absolute atomic E-state index is 13.1. The fourth-order valence-corrected chi connectivity index (χ4v) is 3.80. The highest BCUT2D eigenvalue weighted by atomic mass is 35.5. The first-order chi connectivity index (χ1) is 15.0. The van der Waals surface area contributed by atoms with E-state index in [1.54, 1.807) is 54.5 Å². The summed E-state index contributed by atoms with van der Waals surface area (Å²) in [7, 11) is 1.60. The van der Waals surface area contributed by atoms with Crippen molar-refractivity contribution in [3.8, 4) is 5.75 Å². The summed E-state index contributed by atoms with van der Waals surface area (Å²) in [5.41, 5.74) is 1.61. The Morgan fingerprint density at radius 2 is 2.06 bits per heavy atom. The molecule has 0 spiro atoms. The van der Waals surface area contributed by atoms with E-state index in [-0.39, 0.29) is 24.2 Å². The zero-order chi connectivity index (χ0) is 21.8. The van der Waals surface area contributed by atoms with E-state index in [1.165, 1.54) is 0 Å². The number of anilines is 1. The molecule has 1 aliphatic rings. The SMILES string of the molecule is COc1ccc2[nH]c(=O)c(CN(C[C@@H]3CCCO3)C(=O)Nc3ccc(Cl)cc3)cc2c1. The second-order valence-corrected chi connectivity index (χ2v) is 7.97. The van der Waals surface area contributed by atoms with Gasteiger partial charge >= 0.3 is 6.03 Å². The van der Waals surface area contributed by atoms with Crippen molar-refractivity contribution in [1.29, 1.82) is 0 Å². The number of carbonyl (C=O) groups excluding carboxylic acids is 1. The van der Waals surface area contributed by atoms with E-state index >= 15 is 0 Å². The number of benzene rings is 2. The van der Waals surface area contributed by atoms with Gasteiger partial charge in [0.2, 0.25) is 0 Å². The Balaban J connectivity index is 1.60. The Hall–Kier alpha value is -3.03. The van der Waals surface area contributed by atoms with Crippen molar-refractivity contribution in [1.82, 2.24) is 9.88 Å². The highest BCUT2D eigenvalue weighted by molar-refractivity contribution is 6.30. The van der Waals surface area contributed by atoms with Crippen molar-refractivity contribution >= 4 is 34.2 Å². The molecule has 2 heterocycles. The summed E-state index contributed by atoms with van der Waals surface area (Å²) in [4.78, 5) is 30.2. The van der Waals surface area contributed by atoms with Gasteiger partial charge in [-0.25, -0.2) is 4.79 Å². The molecule has 2 aromatic carbocycles. The fourth-order valence-electron chi connectivity index (χ4n) is 3.67. The Kier molecular flexibility index (Phi) is 6.44. The standard InChI is InChI=1S/C23H24ClN3O4/c1-30-19-8-9-21-15(12-19)11-16(22(28)26-21)13-27(14-20-3-2-10-31-20)23(29)25-18-6-4-17(24)5-7-18/h4-9,11-12,20H,2-3,10,13-14H2,1H3,(H,25,29)(H,26,28)/t20-/m0/s1. The first-order valence-electron chi connectivity index (χ1n) is 10.1. The smallest absolute Gasteiger partial charge is 0.322 e. The van der Waals surface area contributed by atoms with Gasteiger partial charge in [0.1, 0.15) is 5.75 Å². The molecule has 0 bridgehead atoms. The summed E-state index contributed by atoms with van der Waals surface area (Å²) in [6.45, 7) is 1.24. The van der Waals surface area contributed by atoms with Crippen LogP contribution in [-0.2, 0) is 11.3 Å². The van der Waals surface area contributed by atoms with Crippen LogP contribution < -0.4 is 15.6 Å². The van der Waals surface area contributed by atoms with E-state index in [0.29, 0.717) is 40.7 Å². The molecule has 0 aliphatic carbocycles. The van der Waals surface area contributed by atoms with Crippen LogP contribution in [0.3, 0.4) is 0 Å². The zero-order valence-corrected chi connectivity index (χ0v) is 17.9. The van der Waals surface area contributed by atoms with E-state index in [4.69, 9.17) is 21.1 Å². The van der Waals surface area contributed by atoms with Crippen molar-refractivity contribution in [2.45, 2.75) is 25.5 Å². The average Bonchev–Trinajstić information content (AvgIpc) is 3.28. The third-order valence-corrected chi connectivity index (χ3v) is 5.57. The summed E-state index contributed by atoms with van der Waals surface area (Å²) in [6, 6.07) is 13.8. The molecule has 2 N–H and O–H groups in total.